The number of phosphoric ester groups is 1. The normalized spacial score (nSPS) is 13.1. The van der Waals surface area contributed by atoms with E-state index in [2.05, 4.69) is 18.4 Å². The highest BCUT2D eigenvalue weighted by molar-refractivity contribution is 7.47. The third-order valence-corrected chi connectivity index (χ3v) is 13.0. The van der Waals surface area contributed by atoms with Crippen LogP contribution in [0.25, 0.3) is 0 Å². The minimum Gasteiger partial charge on any atom is -0.462 e. The number of hydrogen-bond acceptors (Lipinski definition) is 7. The standard InChI is InChI=1S/C51H101O8P/c1-4-6-8-10-12-14-16-18-20-22-23-24-25-26-27-28-30-32-34-36-38-40-42-44-46-51(53)59-49(48-58-60(54,55)56-3)47-57-50(52)45-43-41-39-37-35-33-31-29-21-19-17-15-13-11-9-7-5-2/h49H,4-48H2,1-3H3,(H,54,55). The maximum atomic E-state index is 12.6. The average Bonchev–Trinajstić information content (AvgIpc) is 3.24. The quantitative estimate of drug-likeness (QED) is 0.0366. The summed E-state index contributed by atoms with van der Waals surface area (Å²) in [7, 11) is -3.19. The van der Waals surface area contributed by atoms with E-state index in [4.69, 9.17) is 14.0 Å². The van der Waals surface area contributed by atoms with Gasteiger partial charge in [-0.1, -0.05) is 264 Å². The second-order valence-electron chi connectivity index (χ2n) is 18.0. The lowest BCUT2D eigenvalue weighted by Crippen LogP contribution is -2.29. The molecular formula is C51H101O8P. The first-order valence-electron chi connectivity index (χ1n) is 26.2. The molecule has 2 atom stereocenters. The van der Waals surface area contributed by atoms with Crippen molar-refractivity contribution in [3.05, 3.63) is 0 Å². The molecule has 0 saturated carbocycles. The van der Waals surface area contributed by atoms with Crippen LogP contribution < -0.4 is 0 Å². The Hall–Kier alpha value is -0.950. The van der Waals surface area contributed by atoms with E-state index in [-0.39, 0.29) is 25.6 Å². The van der Waals surface area contributed by atoms with E-state index >= 15 is 0 Å². The second kappa shape index (κ2) is 47.5. The van der Waals surface area contributed by atoms with Gasteiger partial charge >= 0.3 is 19.8 Å². The Bertz CT molecular complexity index is 946. The zero-order chi connectivity index (χ0) is 43.9. The minimum atomic E-state index is -4.26. The number of carbonyl (C=O) groups is 2. The molecule has 60 heavy (non-hydrogen) atoms. The van der Waals surface area contributed by atoms with Gasteiger partial charge in [-0.2, -0.15) is 0 Å². The number of carbonyl (C=O) groups excluding carboxylic acids is 2. The van der Waals surface area contributed by atoms with Gasteiger partial charge in [0.25, 0.3) is 0 Å². The molecule has 8 nitrogen and oxygen atoms in total. The SMILES string of the molecule is CCCCCCCCCCCCCCCCCCCCCCCCCCC(=O)OC(COC(=O)CCCCCCCCCCCCCCCCCCC)COP(=O)(O)OC. The van der Waals surface area contributed by atoms with Gasteiger partial charge in [-0.05, 0) is 12.8 Å². The summed E-state index contributed by atoms with van der Waals surface area (Å²) in [4.78, 5) is 34.7. The highest BCUT2D eigenvalue weighted by Crippen LogP contribution is 2.42. The van der Waals surface area contributed by atoms with Gasteiger partial charge < -0.3 is 14.4 Å². The van der Waals surface area contributed by atoms with Crippen LogP contribution in [0.4, 0.5) is 0 Å². The van der Waals surface area contributed by atoms with Crippen molar-refractivity contribution >= 4 is 19.8 Å². The van der Waals surface area contributed by atoms with Gasteiger partial charge in [-0.15, -0.1) is 0 Å². The lowest BCUT2D eigenvalue weighted by molar-refractivity contribution is -0.161. The van der Waals surface area contributed by atoms with Crippen LogP contribution in [0.15, 0.2) is 0 Å². The predicted molar refractivity (Wildman–Crippen MR) is 254 cm³/mol. The van der Waals surface area contributed by atoms with E-state index in [1.54, 1.807) is 0 Å². The molecule has 0 aromatic carbocycles. The monoisotopic (exact) mass is 873 g/mol. The van der Waals surface area contributed by atoms with Crippen LogP contribution in [0.2, 0.25) is 0 Å². The van der Waals surface area contributed by atoms with Gasteiger partial charge in [-0.25, -0.2) is 4.57 Å². The van der Waals surface area contributed by atoms with Gasteiger partial charge in [0.15, 0.2) is 6.10 Å². The highest BCUT2D eigenvalue weighted by Gasteiger charge is 2.24. The van der Waals surface area contributed by atoms with E-state index in [9.17, 15) is 19.0 Å². The van der Waals surface area contributed by atoms with Crippen LogP contribution in [0.5, 0.6) is 0 Å². The molecular weight excluding hydrogens is 772 g/mol. The Morgan fingerprint density at radius 2 is 0.650 bits per heavy atom. The Kier molecular flexibility index (Phi) is 46.8. The molecule has 0 rings (SSSR count). The van der Waals surface area contributed by atoms with Crippen LogP contribution in [0.1, 0.15) is 290 Å². The molecule has 2 unspecified atom stereocenters. The van der Waals surface area contributed by atoms with Gasteiger partial charge in [0, 0.05) is 20.0 Å². The predicted octanol–water partition coefficient (Wildman–Crippen LogP) is 17.0. The topological polar surface area (TPSA) is 108 Å². The Morgan fingerprint density at radius 1 is 0.400 bits per heavy atom. The Morgan fingerprint density at radius 3 is 0.917 bits per heavy atom. The molecule has 358 valence electrons. The van der Waals surface area contributed by atoms with Crippen LogP contribution >= 0.6 is 7.82 Å². The fourth-order valence-electron chi connectivity index (χ4n) is 8.07. The third-order valence-electron chi connectivity index (χ3n) is 12.1. The van der Waals surface area contributed by atoms with E-state index in [0.717, 1.165) is 45.6 Å². The fourth-order valence-corrected chi connectivity index (χ4v) is 8.53. The molecule has 0 radical (unpaired) electrons. The lowest BCUT2D eigenvalue weighted by atomic mass is 10.0. The average molecular weight is 873 g/mol. The maximum absolute atomic E-state index is 12.6. The first-order chi connectivity index (χ1) is 29.3. The Labute approximate surface area is 372 Å². The maximum Gasteiger partial charge on any atom is 0.472 e. The van der Waals surface area contributed by atoms with Crippen LogP contribution in [0.3, 0.4) is 0 Å². The zero-order valence-corrected chi connectivity index (χ0v) is 41.0. The van der Waals surface area contributed by atoms with Crippen molar-refractivity contribution in [1.29, 1.82) is 0 Å². The van der Waals surface area contributed by atoms with Crippen molar-refractivity contribution in [2.45, 2.75) is 296 Å². The van der Waals surface area contributed by atoms with Crippen LogP contribution in [-0.2, 0) is 32.7 Å². The number of ether oxygens (including phenoxy) is 2. The van der Waals surface area contributed by atoms with E-state index in [1.165, 1.54) is 225 Å². The van der Waals surface area contributed by atoms with Gasteiger partial charge in [0.2, 0.25) is 0 Å². The second-order valence-corrected chi connectivity index (χ2v) is 19.6. The summed E-state index contributed by atoms with van der Waals surface area (Å²) in [5.41, 5.74) is 0. The molecule has 9 heteroatoms. The van der Waals surface area contributed by atoms with Crippen molar-refractivity contribution in [2.75, 3.05) is 20.3 Å². The zero-order valence-electron chi connectivity index (χ0n) is 40.1. The van der Waals surface area contributed by atoms with E-state index in [0.29, 0.717) is 6.42 Å². The largest absolute Gasteiger partial charge is 0.472 e. The Balaban J connectivity index is 3.81. The first-order valence-corrected chi connectivity index (χ1v) is 27.7. The third kappa shape index (κ3) is 46.6. The number of unbranched alkanes of at least 4 members (excludes halogenated alkanes) is 39. The number of rotatable bonds is 50. The summed E-state index contributed by atoms with van der Waals surface area (Å²) in [5, 5.41) is 0. The molecule has 0 aromatic heterocycles. The molecule has 0 aromatic rings. The molecule has 0 aliphatic rings. The smallest absolute Gasteiger partial charge is 0.462 e. The molecule has 0 bridgehead atoms. The minimum absolute atomic E-state index is 0.216. The van der Waals surface area contributed by atoms with E-state index < -0.39 is 19.9 Å². The van der Waals surface area contributed by atoms with Crippen molar-refractivity contribution < 1.29 is 37.6 Å². The lowest BCUT2D eigenvalue weighted by Gasteiger charge is -2.19. The summed E-state index contributed by atoms with van der Waals surface area (Å²) >= 11 is 0. The summed E-state index contributed by atoms with van der Waals surface area (Å²) in [6.45, 7) is 3.95. The fraction of sp³-hybridized carbons (Fsp3) is 0.961. The van der Waals surface area contributed by atoms with Crippen LogP contribution in [-0.4, -0.2) is 43.3 Å². The summed E-state index contributed by atoms with van der Waals surface area (Å²) in [6, 6.07) is 0. The van der Waals surface area contributed by atoms with Gasteiger partial charge in [0.05, 0.1) is 6.61 Å². The first kappa shape index (κ1) is 59.0. The van der Waals surface area contributed by atoms with Crippen molar-refractivity contribution in [3.63, 3.8) is 0 Å². The van der Waals surface area contributed by atoms with Crippen LogP contribution in [0, 0.1) is 0 Å². The van der Waals surface area contributed by atoms with E-state index in [1.807, 2.05) is 0 Å². The molecule has 0 aliphatic heterocycles. The molecule has 1 N–H and O–H groups in total. The molecule has 0 spiro atoms. The van der Waals surface area contributed by atoms with Gasteiger partial charge in [0.1, 0.15) is 6.61 Å². The number of phosphoric acid groups is 1. The summed E-state index contributed by atoms with van der Waals surface area (Å²) in [6.07, 6.45) is 53.2. The van der Waals surface area contributed by atoms with Crippen molar-refractivity contribution in [3.8, 4) is 0 Å². The van der Waals surface area contributed by atoms with Crippen molar-refractivity contribution in [2.24, 2.45) is 0 Å². The molecule has 0 fully saturated rings. The number of hydrogen-bond donors (Lipinski definition) is 1. The summed E-state index contributed by atoms with van der Waals surface area (Å²) < 4.78 is 32.2. The molecule has 0 heterocycles. The van der Waals surface area contributed by atoms with Gasteiger partial charge in [-0.3, -0.25) is 18.6 Å². The number of esters is 2. The molecule has 0 saturated heterocycles. The summed E-state index contributed by atoms with van der Waals surface area (Å²) in [5.74, 6) is -0.780. The molecule has 0 aliphatic carbocycles. The molecule has 0 amide bonds. The highest BCUT2D eigenvalue weighted by atomic mass is 31.2. The van der Waals surface area contributed by atoms with Crippen molar-refractivity contribution in [1.82, 2.24) is 0 Å².